The maximum Gasteiger partial charge on any atom is 0.0894 e. The predicted octanol–water partition coefficient (Wildman–Crippen LogP) is 6.74. The molecule has 3 aromatic rings. The van der Waals surface area contributed by atoms with Crippen molar-refractivity contribution in [2.45, 2.75) is 38.5 Å². The van der Waals surface area contributed by atoms with Crippen molar-refractivity contribution in [3.8, 4) is 0 Å². The Bertz CT molecular complexity index is 1150. The molecule has 2 aromatic heterocycles. The van der Waals surface area contributed by atoms with Gasteiger partial charge in [0.2, 0.25) is 0 Å². The molecule has 2 heteroatoms. The van der Waals surface area contributed by atoms with Crippen molar-refractivity contribution in [2.24, 2.45) is 5.92 Å². The zero-order valence-corrected chi connectivity index (χ0v) is 16.9. The second kappa shape index (κ2) is 7.44. The zero-order chi connectivity index (χ0) is 19.8. The van der Waals surface area contributed by atoms with E-state index >= 15 is 0 Å². The average molecular weight is 379 g/mol. The number of nitrogens with zero attached hydrogens (tertiary/aromatic N) is 2. The molecule has 0 spiro atoms. The van der Waals surface area contributed by atoms with Crippen LogP contribution in [0, 0.1) is 5.92 Å². The Kier molecular flexibility index (Phi) is 4.63. The van der Waals surface area contributed by atoms with Crippen LogP contribution in [0.2, 0.25) is 0 Å². The summed E-state index contributed by atoms with van der Waals surface area (Å²) in [4.78, 5) is 9.35. The summed E-state index contributed by atoms with van der Waals surface area (Å²) >= 11 is 0. The Morgan fingerprint density at radius 1 is 1.10 bits per heavy atom. The van der Waals surface area contributed by atoms with Crippen LogP contribution in [-0.2, 0) is 6.42 Å². The molecular weight excluding hydrogens is 352 g/mol. The molecule has 1 saturated carbocycles. The molecule has 2 aliphatic rings. The third kappa shape index (κ3) is 3.55. The van der Waals surface area contributed by atoms with Gasteiger partial charge in [0.15, 0.2) is 0 Å². The first-order valence-electron chi connectivity index (χ1n) is 10.6. The van der Waals surface area contributed by atoms with Crippen molar-refractivity contribution < 1.29 is 0 Å². The molecular formula is C27H26N2. The van der Waals surface area contributed by atoms with E-state index in [-0.39, 0.29) is 0 Å². The van der Waals surface area contributed by atoms with E-state index in [1.54, 1.807) is 0 Å². The molecule has 29 heavy (non-hydrogen) atoms. The smallest absolute Gasteiger partial charge is 0.0894 e. The summed E-state index contributed by atoms with van der Waals surface area (Å²) in [6, 6.07) is 15.2. The molecule has 2 nitrogen and oxygen atoms in total. The summed E-state index contributed by atoms with van der Waals surface area (Å²) in [5.74, 6) is 1.27. The summed E-state index contributed by atoms with van der Waals surface area (Å²) in [6.07, 6.45) is 13.0. The van der Waals surface area contributed by atoms with E-state index in [0.29, 0.717) is 5.92 Å². The lowest BCUT2D eigenvalue weighted by molar-refractivity contribution is 0.750. The highest BCUT2D eigenvalue weighted by atomic mass is 14.8. The summed E-state index contributed by atoms with van der Waals surface area (Å²) in [5, 5.41) is 0. The van der Waals surface area contributed by atoms with Gasteiger partial charge in [-0.1, -0.05) is 43.4 Å². The van der Waals surface area contributed by atoms with Gasteiger partial charge >= 0.3 is 0 Å². The largest absolute Gasteiger partial charge is 0.255 e. The number of aromatic nitrogens is 2. The molecule has 0 bridgehead atoms. The van der Waals surface area contributed by atoms with E-state index < -0.39 is 0 Å². The Labute approximate surface area is 172 Å². The lowest BCUT2D eigenvalue weighted by atomic mass is 9.83. The van der Waals surface area contributed by atoms with Crippen LogP contribution in [0.1, 0.15) is 54.5 Å². The molecule has 0 N–H and O–H groups in total. The SMILES string of the molecule is C=CCc1ccc(C2=C(c3ccc4ncccc4n3)C=CC(C)C2)cc1C1CC1. The third-order valence-electron chi connectivity index (χ3n) is 6.05. The van der Waals surface area contributed by atoms with Crippen molar-refractivity contribution in [3.63, 3.8) is 0 Å². The number of hydrogen-bond donors (Lipinski definition) is 0. The normalized spacial score (nSPS) is 19.0. The molecule has 1 fully saturated rings. The lowest BCUT2D eigenvalue weighted by Crippen LogP contribution is -2.04. The van der Waals surface area contributed by atoms with Crippen molar-refractivity contribution in [1.82, 2.24) is 9.97 Å². The first-order chi connectivity index (χ1) is 14.2. The van der Waals surface area contributed by atoms with Crippen LogP contribution in [0.3, 0.4) is 0 Å². The van der Waals surface area contributed by atoms with Crippen molar-refractivity contribution in [2.75, 3.05) is 0 Å². The van der Waals surface area contributed by atoms with Gasteiger partial charge in [0, 0.05) is 11.8 Å². The second-order valence-electron chi connectivity index (χ2n) is 8.35. The average Bonchev–Trinajstić information content (AvgIpc) is 3.59. The monoisotopic (exact) mass is 378 g/mol. The van der Waals surface area contributed by atoms with Gasteiger partial charge in [-0.05, 0) is 84.0 Å². The van der Waals surface area contributed by atoms with Crippen LogP contribution in [0.15, 0.2) is 73.5 Å². The van der Waals surface area contributed by atoms with Crippen LogP contribution >= 0.6 is 0 Å². The van der Waals surface area contributed by atoms with Crippen LogP contribution in [0.4, 0.5) is 0 Å². The van der Waals surface area contributed by atoms with Crippen LogP contribution < -0.4 is 0 Å². The quantitative estimate of drug-likeness (QED) is 0.459. The van der Waals surface area contributed by atoms with Gasteiger partial charge in [-0.2, -0.15) is 0 Å². The molecule has 0 saturated heterocycles. The van der Waals surface area contributed by atoms with Gasteiger partial charge in [0.1, 0.15) is 0 Å². The number of fused-ring (bicyclic) bond motifs is 1. The molecule has 0 amide bonds. The summed E-state index contributed by atoms with van der Waals surface area (Å²) in [6.45, 7) is 6.23. The van der Waals surface area contributed by atoms with Crippen LogP contribution in [0.25, 0.3) is 22.2 Å². The Hall–Kier alpha value is -3.00. The number of hydrogen-bond acceptors (Lipinski definition) is 2. The van der Waals surface area contributed by atoms with E-state index in [0.717, 1.165) is 35.5 Å². The fourth-order valence-electron chi connectivity index (χ4n) is 4.38. The highest BCUT2D eigenvalue weighted by Crippen LogP contribution is 2.44. The van der Waals surface area contributed by atoms with E-state index in [1.807, 2.05) is 24.4 Å². The first kappa shape index (κ1) is 18.1. The van der Waals surface area contributed by atoms with Crippen molar-refractivity contribution in [3.05, 3.63) is 95.9 Å². The molecule has 0 aliphatic heterocycles. The fraction of sp³-hybridized carbons (Fsp3) is 0.259. The number of allylic oxidation sites excluding steroid dienone is 5. The van der Waals surface area contributed by atoms with Gasteiger partial charge in [-0.3, -0.25) is 4.98 Å². The third-order valence-corrected chi connectivity index (χ3v) is 6.05. The number of benzene rings is 1. The van der Waals surface area contributed by atoms with E-state index in [2.05, 4.69) is 61.0 Å². The highest BCUT2D eigenvalue weighted by molar-refractivity contribution is 5.97. The summed E-state index contributed by atoms with van der Waals surface area (Å²) in [7, 11) is 0. The predicted molar refractivity (Wildman–Crippen MR) is 122 cm³/mol. The molecule has 0 radical (unpaired) electrons. The number of rotatable bonds is 5. The molecule has 1 atom stereocenters. The lowest BCUT2D eigenvalue weighted by Gasteiger charge is -2.22. The topological polar surface area (TPSA) is 25.8 Å². The van der Waals surface area contributed by atoms with Gasteiger partial charge in [-0.25, -0.2) is 4.98 Å². The van der Waals surface area contributed by atoms with Crippen molar-refractivity contribution in [1.29, 1.82) is 0 Å². The molecule has 2 aliphatic carbocycles. The summed E-state index contributed by atoms with van der Waals surface area (Å²) < 4.78 is 0. The maximum atomic E-state index is 4.93. The first-order valence-corrected chi connectivity index (χ1v) is 10.6. The highest BCUT2D eigenvalue weighted by Gasteiger charge is 2.27. The van der Waals surface area contributed by atoms with Gasteiger partial charge in [-0.15, -0.1) is 6.58 Å². The fourth-order valence-corrected chi connectivity index (χ4v) is 4.38. The molecule has 144 valence electrons. The molecule has 2 heterocycles. The van der Waals surface area contributed by atoms with Gasteiger partial charge < -0.3 is 0 Å². The van der Waals surface area contributed by atoms with E-state index in [9.17, 15) is 0 Å². The van der Waals surface area contributed by atoms with Crippen LogP contribution in [0.5, 0.6) is 0 Å². The van der Waals surface area contributed by atoms with Gasteiger partial charge in [0.25, 0.3) is 0 Å². The minimum absolute atomic E-state index is 0.535. The molecule has 1 aromatic carbocycles. The standard InChI is InChI=1S/C27H26N2/c1-3-5-19-10-11-21(17-23(19)20-8-9-20)24-16-18(2)7-12-22(24)25-13-14-26-27(29-25)6-4-15-28-26/h3-4,6-7,10-15,17-18,20H,1,5,8-9,16H2,2H3. The second-order valence-corrected chi connectivity index (χ2v) is 8.35. The van der Waals surface area contributed by atoms with E-state index in [1.165, 1.54) is 40.7 Å². The Morgan fingerprint density at radius 2 is 2.00 bits per heavy atom. The summed E-state index contributed by atoms with van der Waals surface area (Å²) in [5.41, 5.74) is 9.87. The Balaban J connectivity index is 1.64. The molecule has 5 rings (SSSR count). The zero-order valence-electron chi connectivity index (χ0n) is 16.9. The maximum absolute atomic E-state index is 4.93. The minimum Gasteiger partial charge on any atom is -0.255 e. The molecule has 1 unspecified atom stereocenters. The van der Waals surface area contributed by atoms with E-state index in [4.69, 9.17) is 4.98 Å². The van der Waals surface area contributed by atoms with Crippen LogP contribution in [-0.4, -0.2) is 9.97 Å². The number of pyridine rings is 2. The minimum atomic E-state index is 0.535. The van der Waals surface area contributed by atoms with Gasteiger partial charge in [0.05, 0.1) is 16.7 Å². The Morgan fingerprint density at radius 3 is 2.83 bits per heavy atom. The van der Waals surface area contributed by atoms with Crippen molar-refractivity contribution >= 4 is 22.2 Å².